The highest BCUT2D eigenvalue weighted by molar-refractivity contribution is 6.16. The molecule has 0 saturated heterocycles. The Morgan fingerprint density at radius 3 is 2.50 bits per heavy atom. The highest BCUT2D eigenvalue weighted by Crippen LogP contribution is 2.41. The number of carbonyl (C=O) groups excluding carboxylic acids is 2. The number of hydrogen-bond acceptors (Lipinski definition) is 4. The first-order valence-electron chi connectivity index (χ1n) is 7.89. The lowest BCUT2D eigenvalue weighted by Crippen LogP contribution is -2.30. The monoisotopic (exact) mass is 325 g/mol. The van der Waals surface area contributed by atoms with Crippen molar-refractivity contribution in [1.82, 2.24) is 0 Å². The van der Waals surface area contributed by atoms with Crippen molar-refractivity contribution >= 4 is 17.4 Å². The van der Waals surface area contributed by atoms with Crippen LogP contribution in [0.25, 0.3) is 0 Å². The first kappa shape index (κ1) is 16.1. The standard InChI is InChI=1S/C19H19NO4/c1-12(2)11-14(21)16-17(15-9-6-10-24-15)20(19(23)18(16)22)13-7-4-3-5-8-13/h3-10,12,17,22H,11H2,1-2H3. The van der Waals surface area contributed by atoms with Crippen molar-refractivity contribution in [2.24, 2.45) is 5.92 Å². The Morgan fingerprint density at radius 1 is 1.21 bits per heavy atom. The topological polar surface area (TPSA) is 70.8 Å². The van der Waals surface area contributed by atoms with Gasteiger partial charge in [0.25, 0.3) is 5.91 Å². The molecule has 1 amide bonds. The molecular weight excluding hydrogens is 306 g/mol. The first-order chi connectivity index (χ1) is 11.5. The normalized spacial score (nSPS) is 17.9. The van der Waals surface area contributed by atoms with Gasteiger partial charge in [-0.15, -0.1) is 0 Å². The number of carbonyl (C=O) groups is 2. The Hall–Kier alpha value is -2.82. The van der Waals surface area contributed by atoms with Crippen LogP contribution >= 0.6 is 0 Å². The van der Waals surface area contributed by atoms with E-state index in [2.05, 4.69) is 0 Å². The number of aliphatic hydroxyl groups excluding tert-OH is 1. The Balaban J connectivity index is 2.10. The third-order valence-corrected chi connectivity index (χ3v) is 3.95. The Kier molecular flexibility index (Phi) is 4.25. The average molecular weight is 325 g/mol. The molecule has 2 aromatic rings. The summed E-state index contributed by atoms with van der Waals surface area (Å²) in [7, 11) is 0. The van der Waals surface area contributed by atoms with Gasteiger partial charge < -0.3 is 9.52 Å². The number of furan rings is 1. The van der Waals surface area contributed by atoms with E-state index in [1.54, 1.807) is 36.4 Å². The van der Waals surface area contributed by atoms with Crippen LogP contribution in [0.2, 0.25) is 0 Å². The predicted octanol–water partition coefficient (Wildman–Crippen LogP) is 3.79. The van der Waals surface area contributed by atoms with Crippen LogP contribution in [0.1, 0.15) is 32.1 Å². The smallest absolute Gasteiger partial charge is 0.294 e. The highest BCUT2D eigenvalue weighted by Gasteiger charge is 2.45. The van der Waals surface area contributed by atoms with Crippen LogP contribution in [0.5, 0.6) is 0 Å². The van der Waals surface area contributed by atoms with Crippen molar-refractivity contribution in [1.29, 1.82) is 0 Å². The van der Waals surface area contributed by atoms with Crippen molar-refractivity contribution in [3.8, 4) is 0 Å². The lowest BCUT2D eigenvalue weighted by molar-refractivity contribution is -0.118. The van der Waals surface area contributed by atoms with E-state index in [0.29, 0.717) is 11.4 Å². The van der Waals surface area contributed by atoms with E-state index in [9.17, 15) is 14.7 Å². The van der Waals surface area contributed by atoms with Crippen molar-refractivity contribution < 1.29 is 19.1 Å². The number of hydrogen-bond donors (Lipinski definition) is 1. The SMILES string of the molecule is CC(C)CC(=O)C1=C(O)C(=O)N(c2ccccc2)C1c1ccco1. The molecule has 5 nitrogen and oxygen atoms in total. The van der Waals surface area contributed by atoms with E-state index < -0.39 is 17.7 Å². The van der Waals surface area contributed by atoms with Crippen LogP contribution in [0, 0.1) is 5.92 Å². The summed E-state index contributed by atoms with van der Waals surface area (Å²) in [4.78, 5) is 26.7. The van der Waals surface area contributed by atoms with E-state index in [0.717, 1.165) is 0 Å². The molecule has 1 atom stereocenters. The van der Waals surface area contributed by atoms with Gasteiger partial charge in [0.2, 0.25) is 0 Å². The van der Waals surface area contributed by atoms with E-state index in [-0.39, 0.29) is 23.7 Å². The molecule has 5 heteroatoms. The van der Waals surface area contributed by atoms with Crippen LogP contribution < -0.4 is 4.90 Å². The second-order valence-corrected chi connectivity index (χ2v) is 6.21. The van der Waals surface area contributed by atoms with Gasteiger partial charge >= 0.3 is 0 Å². The van der Waals surface area contributed by atoms with E-state index in [1.165, 1.54) is 11.2 Å². The maximum Gasteiger partial charge on any atom is 0.294 e. The van der Waals surface area contributed by atoms with Gasteiger partial charge in [0.15, 0.2) is 11.5 Å². The fourth-order valence-electron chi connectivity index (χ4n) is 2.94. The zero-order chi connectivity index (χ0) is 17.3. The first-order valence-corrected chi connectivity index (χ1v) is 7.89. The minimum atomic E-state index is -0.749. The van der Waals surface area contributed by atoms with Crippen LogP contribution in [0.15, 0.2) is 64.5 Å². The van der Waals surface area contributed by atoms with Gasteiger partial charge in [0.1, 0.15) is 11.8 Å². The maximum atomic E-state index is 12.7. The molecule has 1 aliphatic heterocycles. The quantitative estimate of drug-likeness (QED) is 0.908. The molecule has 1 aromatic carbocycles. The Morgan fingerprint density at radius 2 is 1.92 bits per heavy atom. The summed E-state index contributed by atoms with van der Waals surface area (Å²) in [6.07, 6.45) is 1.75. The number of nitrogens with zero attached hydrogens (tertiary/aromatic N) is 1. The Bertz CT molecular complexity index is 775. The van der Waals surface area contributed by atoms with E-state index in [1.807, 2.05) is 19.9 Å². The number of anilines is 1. The number of benzene rings is 1. The molecule has 1 unspecified atom stereocenters. The summed E-state index contributed by atoms with van der Waals surface area (Å²) in [5.41, 5.74) is 0.704. The molecule has 1 N–H and O–H groups in total. The van der Waals surface area contributed by atoms with Gasteiger partial charge in [-0.1, -0.05) is 32.0 Å². The highest BCUT2D eigenvalue weighted by atomic mass is 16.3. The lowest BCUT2D eigenvalue weighted by Gasteiger charge is -2.25. The summed E-state index contributed by atoms with van der Waals surface area (Å²) < 4.78 is 5.46. The number of aliphatic hydroxyl groups is 1. The molecule has 1 aromatic heterocycles. The van der Waals surface area contributed by atoms with Gasteiger partial charge in [-0.2, -0.15) is 0 Å². The van der Waals surface area contributed by atoms with Gasteiger partial charge in [-0.3, -0.25) is 14.5 Å². The molecule has 1 aliphatic rings. The van der Waals surface area contributed by atoms with Crippen molar-refractivity contribution in [2.45, 2.75) is 26.3 Å². The van der Waals surface area contributed by atoms with E-state index >= 15 is 0 Å². The van der Waals surface area contributed by atoms with Crippen LogP contribution in [-0.4, -0.2) is 16.8 Å². The van der Waals surface area contributed by atoms with Gasteiger partial charge in [0.05, 0.1) is 11.8 Å². The molecule has 0 saturated carbocycles. The molecule has 0 spiro atoms. The van der Waals surface area contributed by atoms with Gasteiger partial charge in [0, 0.05) is 12.1 Å². The number of para-hydroxylation sites is 1. The number of Topliss-reactive ketones (excluding diaryl/α,β-unsaturated/α-hetero) is 1. The molecule has 24 heavy (non-hydrogen) atoms. The fourth-order valence-corrected chi connectivity index (χ4v) is 2.94. The third kappa shape index (κ3) is 2.73. The molecule has 0 bridgehead atoms. The zero-order valence-corrected chi connectivity index (χ0v) is 13.6. The summed E-state index contributed by atoms with van der Waals surface area (Å²) in [5, 5.41) is 10.4. The third-order valence-electron chi connectivity index (χ3n) is 3.95. The molecule has 124 valence electrons. The number of amides is 1. The summed E-state index contributed by atoms with van der Waals surface area (Å²) in [5.74, 6) is -0.754. The minimum Gasteiger partial charge on any atom is -0.503 e. The zero-order valence-electron chi connectivity index (χ0n) is 13.6. The molecular formula is C19H19NO4. The molecule has 0 fully saturated rings. The summed E-state index contributed by atoms with van der Waals surface area (Å²) in [6.45, 7) is 3.84. The van der Waals surface area contributed by atoms with Crippen molar-refractivity contribution in [2.75, 3.05) is 4.90 Å². The molecule has 0 radical (unpaired) electrons. The average Bonchev–Trinajstić information content (AvgIpc) is 3.15. The Labute approximate surface area is 140 Å². The predicted molar refractivity (Wildman–Crippen MR) is 89.5 cm³/mol. The maximum absolute atomic E-state index is 12.7. The van der Waals surface area contributed by atoms with Crippen LogP contribution in [0.3, 0.4) is 0 Å². The van der Waals surface area contributed by atoms with Crippen LogP contribution in [-0.2, 0) is 9.59 Å². The second-order valence-electron chi connectivity index (χ2n) is 6.21. The van der Waals surface area contributed by atoms with Gasteiger partial charge in [-0.25, -0.2) is 0 Å². The number of rotatable bonds is 5. The number of ketones is 1. The second kappa shape index (κ2) is 6.35. The molecule has 3 rings (SSSR count). The molecule has 0 aliphatic carbocycles. The van der Waals surface area contributed by atoms with Gasteiger partial charge in [-0.05, 0) is 30.2 Å². The fraction of sp³-hybridized carbons (Fsp3) is 0.263. The van der Waals surface area contributed by atoms with Crippen molar-refractivity contribution in [3.05, 3.63) is 65.8 Å². The lowest BCUT2D eigenvalue weighted by atomic mass is 9.95. The minimum absolute atomic E-state index is 0.104. The summed E-state index contributed by atoms with van der Waals surface area (Å²) >= 11 is 0. The largest absolute Gasteiger partial charge is 0.503 e. The van der Waals surface area contributed by atoms with Crippen LogP contribution in [0.4, 0.5) is 5.69 Å². The van der Waals surface area contributed by atoms with Crippen molar-refractivity contribution in [3.63, 3.8) is 0 Å². The summed E-state index contributed by atoms with van der Waals surface area (Å²) in [6, 6.07) is 11.6. The molecule has 2 heterocycles. The van der Waals surface area contributed by atoms with E-state index in [4.69, 9.17) is 4.42 Å².